The van der Waals surface area contributed by atoms with Gasteiger partial charge in [-0.2, -0.15) is 0 Å². The first-order valence-corrected chi connectivity index (χ1v) is 6.65. The van der Waals surface area contributed by atoms with E-state index in [2.05, 4.69) is 4.90 Å². The summed E-state index contributed by atoms with van der Waals surface area (Å²) < 4.78 is 13.7. The Hall–Kier alpha value is -0.970. The van der Waals surface area contributed by atoms with Crippen molar-refractivity contribution in [2.45, 2.75) is 18.9 Å². The van der Waals surface area contributed by atoms with Crippen LogP contribution in [0.5, 0.6) is 0 Å². The van der Waals surface area contributed by atoms with Crippen LogP contribution in [0.15, 0.2) is 24.3 Å². The molecule has 1 heterocycles. The van der Waals surface area contributed by atoms with Crippen LogP contribution in [0.3, 0.4) is 0 Å². The molecule has 0 aliphatic carbocycles. The van der Waals surface area contributed by atoms with Gasteiger partial charge in [-0.25, -0.2) is 4.39 Å². The highest BCUT2D eigenvalue weighted by Gasteiger charge is 2.26. The highest BCUT2D eigenvalue weighted by atomic mass is 19.1. The van der Waals surface area contributed by atoms with E-state index in [0.29, 0.717) is 18.0 Å². The van der Waals surface area contributed by atoms with Crippen LogP contribution in [-0.4, -0.2) is 31.1 Å². The molecule has 0 bridgehead atoms. The predicted molar refractivity (Wildman–Crippen MR) is 71.5 cm³/mol. The fourth-order valence-electron chi connectivity index (χ4n) is 2.72. The van der Waals surface area contributed by atoms with Gasteiger partial charge in [-0.05, 0) is 37.9 Å². The van der Waals surface area contributed by atoms with Crippen LogP contribution >= 0.6 is 0 Å². The number of nitrogens with two attached hydrogens (primary N) is 2. The lowest BCUT2D eigenvalue weighted by molar-refractivity contribution is 0.172. The highest BCUT2D eigenvalue weighted by molar-refractivity contribution is 5.21. The van der Waals surface area contributed by atoms with E-state index in [1.54, 1.807) is 12.1 Å². The number of piperidine rings is 1. The topological polar surface area (TPSA) is 55.3 Å². The second-order valence-electron chi connectivity index (χ2n) is 5.02. The van der Waals surface area contributed by atoms with Gasteiger partial charge >= 0.3 is 0 Å². The van der Waals surface area contributed by atoms with Crippen molar-refractivity contribution in [2.24, 2.45) is 17.4 Å². The second kappa shape index (κ2) is 6.27. The van der Waals surface area contributed by atoms with Gasteiger partial charge in [-0.1, -0.05) is 18.2 Å². The minimum atomic E-state index is -0.189. The quantitative estimate of drug-likeness (QED) is 0.852. The smallest absolute Gasteiger partial charge is 0.127 e. The molecular formula is C14H22FN3. The maximum atomic E-state index is 13.7. The van der Waals surface area contributed by atoms with E-state index in [0.717, 1.165) is 32.5 Å². The molecular weight excluding hydrogens is 229 g/mol. The summed E-state index contributed by atoms with van der Waals surface area (Å²) >= 11 is 0. The minimum Gasteiger partial charge on any atom is -0.329 e. The average molecular weight is 251 g/mol. The first kappa shape index (κ1) is 13.5. The molecule has 4 heteroatoms. The van der Waals surface area contributed by atoms with Crippen LogP contribution < -0.4 is 11.5 Å². The Labute approximate surface area is 108 Å². The zero-order valence-electron chi connectivity index (χ0n) is 10.7. The summed E-state index contributed by atoms with van der Waals surface area (Å²) in [4.78, 5) is 2.35. The summed E-state index contributed by atoms with van der Waals surface area (Å²) in [6.45, 7) is 3.68. The number of likely N-dealkylation sites (tertiary alicyclic amines) is 1. The third-order valence-electron chi connectivity index (χ3n) is 3.85. The van der Waals surface area contributed by atoms with E-state index in [1.807, 2.05) is 6.07 Å². The van der Waals surface area contributed by atoms with Gasteiger partial charge in [0.2, 0.25) is 0 Å². The number of hydrogen-bond donors (Lipinski definition) is 2. The van der Waals surface area contributed by atoms with Crippen molar-refractivity contribution >= 4 is 0 Å². The minimum absolute atomic E-state index is 0.186. The van der Waals surface area contributed by atoms with Gasteiger partial charge < -0.3 is 16.4 Å². The zero-order valence-corrected chi connectivity index (χ0v) is 10.7. The molecule has 1 unspecified atom stereocenters. The Bertz CT molecular complexity index is 375. The molecule has 1 aromatic rings. The number of halogens is 1. The van der Waals surface area contributed by atoms with Gasteiger partial charge in [0.05, 0.1) is 0 Å². The van der Waals surface area contributed by atoms with Gasteiger partial charge in [0.15, 0.2) is 0 Å². The summed E-state index contributed by atoms with van der Waals surface area (Å²) in [6.07, 6.45) is 2.05. The van der Waals surface area contributed by atoms with Crippen LogP contribution in [0, 0.1) is 11.7 Å². The van der Waals surface area contributed by atoms with Gasteiger partial charge in [0.25, 0.3) is 0 Å². The summed E-state index contributed by atoms with van der Waals surface area (Å²) in [6, 6.07) is 6.65. The van der Waals surface area contributed by atoms with Crippen LogP contribution in [0.25, 0.3) is 0 Å². The van der Waals surface area contributed by atoms with Crippen LogP contribution in [-0.2, 0) is 0 Å². The molecule has 18 heavy (non-hydrogen) atoms. The van der Waals surface area contributed by atoms with Crippen molar-refractivity contribution in [3.63, 3.8) is 0 Å². The molecule has 2 rings (SSSR count). The molecule has 1 fully saturated rings. The average Bonchev–Trinajstić information content (AvgIpc) is 2.40. The maximum absolute atomic E-state index is 13.7. The molecule has 4 N–H and O–H groups in total. The lowest BCUT2D eigenvalue weighted by Crippen LogP contribution is -2.39. The highest BCUT2D eigenvalue weighted by Crippen LogP contribution is 2.29. The van der Waals surface area contributed by atoms with Crippen molar-refractivity contribution in [1.29, 1.82) is 0 Å². The Balaban J connectivity index is 1.95. The van der Waals surface area contributed by atoms with Crippen LogP contribution in [0.1, 0.15) is 24.4 Å². The molecule has 1 aliphatic heterocycles. The summed E-state index contributed by atoms with van der Waals surface area (Å²) in [5.41, 5.74) is 12.4. The van der Waals surface area contributed by atoms with Crippen molar-refractivity contribution in [1.82, 2.24) is 4.90 Å². The van der Waals surface area contributed by atoms with Gasteiger partial charge in [-0.3, -0.25) is 0 Å². The van der Waals surface area contributed by atoms with E-state index < -0.39 is 0 Å². The first-order valence-electron chi connectivity index (χ1n) is 6.65. The maximum Gasteiger partial charge on any atom is 0.127 e. The van der Waals surface area contributed by atoms with Crippen molar-refractivity contribution < 1.29 is 4.39 Å². The molecule has 1 atom stereocenters. The van der Waals surface area contributed by atoms with E-state index >= 15 is 0 Å². The molecule has 0 spiro atoms. The Morgan fingerprint density at radius 3 is 2.56 bits per heavy atom. The Morgan fingerprint density at radius 1 is 1.28 bits per heavy atom. The van der Waals surface area contributed by atoms with Crippen LogP contribution in [0.4, 0.5) is 4.39 Å². The number of nitrogens with zero attached hydrogens (tertiary/aromatic N) is 1. The molecule has 0 radical (unpaired) electrons. The number of hydrogen-bond acceptors (Lipinski definition) is 3. The van der Waals surface area contributed by atoms with E-state index in [4.69, 9.17) is 11.5 Å². The van der Waals surface area contributed by atoms with Gasteiger partial charge in [-0.15, -0.1) is 0 Å². The van der Waals surface area contributed by atoms with Crippen molar-refractivity contribution in [3.05, 3.63) is 35.6 Å². The predicted octanol–water partition coefficient (Wildman–Crippen LogP) is 1.50. The zero-order chi connectivity index (χ0) is 13.0. The Morgan fingerprint density at radius 2 is 1.94 bits per heavy atom. The molecule has 0 aromatic heterocycles. The lowest BCUT2D eigenvalue weighted by Gasteiger charge is -2.34. The number of benzene rings is 1. The number of rotatable bonds is 4. The molecule has 1 saturated heterocycles. The monoisotopic (exact) mass is 251 g/mol. The van der Waals surface area contributed by atoms with E-state index in [-0.39, 0.29) is 11.9 Å². The largest absolute Gasteiger partial charge is 0.329 e. The van der Waals surface area contributed by atoms with Crippen molar-refractivity contribution in [3.8, 4) is 0 Å². The summed E-state index contributed by atoms with van der Waals surface area (Å²) in [5.74, 6) is 0.185. The molecule has 1 aromatic carbocycles. The van der Waals surface area contributed by atoms with E-state index in [9.17, 15) is 4.39 Å². The fraction of sp³-hybridized carbons (Fsp3) is 0.571. The first-order chi connectivity index (χ1) is 8.72. The molecule has 0 amide bonds. The molecule has 3 nitrogen and oxygen atoms in total. The lowest BCUT2D eigenvalue weighted by atomic mass is 9.86. The van der Waals surface area contributed by atoms with Crippen LogP contribution in [0.2, 0.25) is 0 Å². The normalized spacial score (nSPS) is 19.9. The fourth-order valence-corrected chi connectivity index (χ4v) is 2.72. The standard InChI is InChI=1S/C14H22FN3/c15-13-4-2-1-3-12(13)14(17)11-5-8-18(9-6-11)10-7-16/h1-4,11,14H,5-10,16-17H2. The third-order valence-corrected chi connectivity index (χ3v) is 3.85. The van der Waals surface area contributed by atoms with Gasteiger partial charge in [0, 0.05) is 24.7 Å². The third kappa shape index (κ3) is 3.07. The summed E-state index contributed by atoms with van der Waals surface area (Å²) in [5, 5.41) is 0. The molecule has 1 aliphatic rings. The van der Waals surface area contributed by atoms with Crippen molar-refractivity contribution in [2.75, 3.05) is 26.2 Å². The van der Waals surface area contributed by atoms with Gasteiger partial charge in [0.1, 0.15) is 5.82 Å². The second-order valence-corrected chi connectivity index (χ2v) is 5.02. The Kier molecular flexibility index (Phi) is 4.69. The molecule has 100 valence electrons. The summed E-state index contributed by atoms with van der Waals surface area (Å²) in [7, 11) is 0. The SMILES string of the molecule is NCCN1CCC(C(N)c2ccccc2F)CC1. The molecule has 0 saturated carbocycles. The van der Waals surface area contributed by atoms with E-state index in [1.165, 1.54) is 6.07 Å².